The van der Waals surface area contributed by atoms with Crippen molar-refractivity contribution in [1.82, 2.24) is 15.0 Å². The molecular formula is C9H11N5S. The maximum absolute atomic E-state index is 5.54. The van der Waals surface area contributed by atoms with Crippen molar-refractivity contribution >= 4 is 23.0 Å². The maximum atomic E-state index is 5.54. The van der Waals surface area contributed by atoms with Crippen LogP contribution in [-0.4, -0.2) is 15.0 Å². The Bertz CT molecular complexity index is 453. The topological polar surface area (TPSA) is 76.7 Å². The van der Waals surface area contributed by atoms with E-state index in [-0.39, 0.29) is 0 Å². The average Bonchev–Trinajstić information content (AvgIpc) is 2.61. The lowest BCUT2D eigenvalue weighted by Gasteiger charge is -2.03. The van der Waals surface area contributed by atoms with E-state index in [1.165, 1.54) is 11.2 Å². The van der Waals surface area contributed by atoms with Gasteiger partial charge in [-0.05, 0) is 6.92 Å². The molecule has 0 aliphatic carbocycles. The van der Waals surface area contributed by atoms with Gasteiger partial charge in [0.25, 0.3) is 0 Å². The Labute approximate surface area is 91.4 Å². The Kier molecular flexibility index (Phi) is 2.77. The average molecular weight is 221 g/mol. The second kappa shape index (κ2) is 4.22. The number of nitrogens with one attached hydrogen (secondary N) is 1. The summed E-state index contributed by atoms with van der Waals surface area (Å²) in [6.07, 6.45) is 1.44. The smallest absolute Gasteiger partial charge is 0.131 e. The van der Waals surface area contributed by atoms with Gasteiger partial charge in [-0.1, -0.05) is 0 Å². The number of thiazole rings is 1. The van der Waals surface area contributed by atoms with E-state index in [0.717, 1.165) is 11.5 Å². The third kappa shape index (κ3) is 2.41. The van der Waals surface area contributed by atoms with Gasteiger partial charge < -0.3 is 11.1 Å². The molecule has 5 nitrogen and oxygen atoms in total. The van der Waals surface area contributed by atoms with E-state index in [4.69, 9.17) is 5.73 Å². The van der Waals surface area contributed by atoms with Crippen molar-refractivity contribution in [3.63, 3.8) is 0 Å². The molecule has 0 aromatic carbocycles. The van der Waals surface area contributed by atoms with E-state index in [1.807, 2.05) is 12.4 Å². The molecule has 3 N–H and O–H groups in total. The predicted octanol–water partition coefficient (Wildman–Crippen LogP) is 1.44. The van der Waals surface area contributed by atoms with E-state index in [0.29, 0.717) is 12.4 Å². The van der Waals surface area contributed by atoms with Crippen LogP contribution in [0.3, 0.4) is 0 Å². The zero-order valence-electron chi connectivity index (χ0n) is 8.27. The molecule has 2 heterocycles. The van der Waals surface area contributed by atoms with Gasteiger partial charge in [0.05, 0.1) is 17.7 Å². The summed E-state index contributed by atoms with van der Waals surface area (Å²) in [4.78, 5) is 13.2. The Balaban J connectivity index is 2.02. The molecule has 0 bridgehead atoms. The van der Waals surface area contributed by atoms with Gasteiger partial charge >= 0.3 is 0 Å². The van der Waals surface area contributed by atoms with Crippen LogP contribution in [0.2, 0.25) is 0 Å². The van der Waals surface area contributed by atoms with Crippen LogP contribution in [0.4, 0.5) is 11.6 Å². The number of anilines is 2. The Hall–Kier alpha value is -1.69. The number of aromatic nitrogens is 3. The molecule has 0 amide bonds. The number of hydrogen-bond donors (Lipinski definition) is 2. The maximum Gasteiger partial charge on any atom is 0.131 e. The molecule has 0 saturated carbocycles. The number of nitrogens with zero attached hydrogens (tertiary/aromatic N) is 3. The molecule has 0 unspecified atom stereocenters. The second-order valence-corrected chi connectivity index (χ2v) is 3.98. The highest BCUT2D eigenvalue weighted by molar-refractivity contribution is 7.09. The minimum absolute atomic E-state index is 0.466. The number of aryl methyl sites for hydroxylation is 1. The van der Waals surface area contributed by atoms with Crippen molar-refractivity contribution in [2.24, 2.45) is 0 Å². The van der Waals surface area contributed by atoms with Crippen LogP contribution in [0.25, 0.3) is 0 Å². The quantitative estimate of drug-likeness (QED) is 0.820. The van der Waals surface area contributed by atoms with Crippen LogP contribution >= 0.6 is 11.3 Å². The summed E-state index contributed by atoms with van der Waals surface area (Å²) in [5.41, 5.74) is 8.42. The first-order chi connectivity index (χ1) is 7.25. The van der Waals surface area contributed by atoms with Crippen LogP contribution < -0.4 is 11.1 Å². The minimum atomic E-state index is 0.466. The van der Waals surface area contributed by atoms with Crippen molar-refractivity contribution in [2.45, 2.75) is 13.5 Å². The van der Waals surface area contributed by atoms with Gasteiger partial charge in [0.2, 0.25) is 0 Å². The fourth-order valence-corrected chi connectivity index (χ4v) is 1.85. The summed E-state index contributed by atoms with van der Waals surface area (Å²) in [6, 6.07) is 1.70. The van der Waals surface area contributed by atoms with E-state index < -0.39 is 0 Å². The minimum Gasteiger partial charge on any atom is -0.384 e. The van der Waals surface area contributed by atoms with Crippen molar-refractivity contribution in [1.29, 1.82) is 0 Å². The van der Waals surface area contributed by atoms with Crippen LogP contribution in [0.15, 0.2) is 17.9 Å². The third-order valence-corrected chi connectivity index (χ3v) is 2.90. The fraction of sp³-hybridized carbons (Fsp3) is 0.222. The Morgan fingerprint density at radius 2 is 2.27 bits per heavy atom. The Morgan fingerprint density at radius 3 is 2.93 bits per heavy atom. The molecule has 6 heteroatoms. The molecule has 2 aromatic rings. The second-order valence-electron chi connectivity index (χ2n) is 3.04. The number of hydrogen-bond acceptors (Lipinski definition) is 6. The molecular weight excluding hydrogens is 210 g/mol. The van der Waals surface area contributed by atoms with Crippen molar-refractivity contribution in [3.05, 3.63) is 28.5 Å². The molecule has 0 radical (unpaired) electrons. The van der Waals surface area contributed by atoms with Gasteiger partial charge in [0, 0.05) is 10.9 Å². The van der Waals surface area contributed by atoms with Crippen molar-refractivity contribution < 1.29 is 0 Å². The normalized spacial score (nSPS) is 10.2. The van der Waals surface area contributed by atoms with E-state index in [1.54, 1.807) is 17.4 Å². The summed E-state index contributed by atoms with van der Waals surface area (Å²) in [7, 11) is 0. The summed E-state index contributed by atoms with van der Waals surface area (Å²) < 4.78 is 0. The molecule has 78 valence electrons. The zero-order valence-corrected chi connectivity index (χ0v) is 9.08. The monoisotopic (exact) mass is 221 g/mol. The van der Waals surface area contributed by atoms with Gasteiger partial charge in [-0.3, -0.25) is 0 Å². The van der Waals surface area contributed by atoms with Gasteiger partial charge in [-0.25, -0.2) is 15.0 Å². The van der Waals surface area contributed by atoms with Crippen molar-refractivity contribution in [3.8, 4) is 0 Å². The van der Waals surface area contributed by atoms with Gasteiger partial charge in [0.15, 0.2) is 0 Å². The summed E-state index contributed by atoms with van der Waals surface area (Å²) in [5, 5.41) is 3.17. The highest BCUT2D eigenvalue weighted by atomic mass is 32.1. The first kappa shape index (κ1) is 9.85. The highest BCUT2D eigenvalue weighted by Crippen LogP contribution is 2.14. The molecule has 2 aromatic heterocycles. The molecule has 15 heavy (non-hydrogen) atoms. The molecule has 0 aliphatic heterocycles. The molecule has 0 spiro atoms. The number of nitrogen functional groups attached to an aromatic ring is 1. The number of rotatable bonds is 3. The molecule has 0 atom stereocenters. The fourth-order valence-electron chi connectivity index (χ4n) is 1.14. The van der Waals surface area contributed by atoms with E-state index >= 15 is 0 Å². The SMILES string of the molecule is Cc1ncsc1CNc1cc(N)ncn1. The summed E-state index contributed by atoms with van der Waals surface area (Å²) >= 11 is 1.62. The van der Waals surface area contributed by atoms with Gasteiger partial charge in [-0.15, -0.1) is 11.3 Å². The van der Waals surface area contributed by atoms with E-state index in [2.05, 4.69) is 20.3 Å². The first-order valence-electron chi connectivity index (χ1n) is 4.46. The highest BCUT2D eigenvalue weighted by Gasteiger charge is 2.01. The van der Waals surface area contributed by atoms with Gasteiger partial charge in [-0.2, -0.15) is 0 Å². The first-order valence-corrected chi connectivity index (χ1v) is 5.34. The molecule has 0 aliphatic rings. The standard InChI is InChI=1S/C9H11N5S/c1-6-7(15-5-14-6)3-11-9-2-8(10)12-4-13-9/h2,4-5H,3H2,1H3,(H3,10,11,12,13). The Morgan fingerprint density at radius 1 is 1.40 bits per heavy atom. The largest absolute Gasteiger partial charge is 0.384 e. The third-order valence-electron chi connectivity index (χ3n) is 1.96. The van der Waals surface area contributed by atoms with Crippen LogP contribution in [0.1, 0.15) is 10.6 Å². The molecule has 2 rings (SSSR count). The number of nitrogens with two attached hydrogens (primary N) is 1. The lowest BCUT2D eigenvalue weighted by molar-refractivity contribution is 1.08. The lowest BCUT2D eigenvalue weighted by Crippen LogP contribution is -2.02. The van der Waals surface area contributed by atoms with E-state index in [9.17, 15) is 0 Å². The van der Waals surface area contributed by atoms with Crippen LogP contribution in [0, 0.1) is 6.92 Å². The predicted molar refractivity (Wildman–Crippen MR) is 60.6 cm³/mol. The van der Waals surface area contributed by atoms with Crippen LogP contribution in [-0.2, 0) is 6.54 Å². The molecule has 0 saturated heterocycles. The lowest BCUT2D eigenvalue weighted by atomic mass is 10.4. The van der Waals surface area contributed by atoms with Gasteiger partial charge in [0.1, 0.15) is 18.0 Å². The zero-order chi connectivity index (χ0) is 10.7. The summed E-state index contributed by atoms with van der Waals surface area (Å²) in [5.74, 6) is 1.20. The van der Waals surface area contributed by atoms with Crippen LogP contribution in [0.5, 0.6) is 0 Å². The molecule has 0 fully saturated rings. The summed E-state index contributed by atoms with van der Waals surface area (Å²) in [6.45, 7) is 2.70. The van der Waals surface area contributed by atoms with Crippen molar-refractivity contribution in [2.75, 3.05) is 11.1 Å².